The molecule has 2 aromatic rings. The van der Waals surface area contributed by atoms with Crippen molar-refractivity contribution in [3.05, 3.63) is 11.6 Å². The molecule has 2 atom stereocenters. The number of hydroxylamine groups is 1. The van der Waals surface area contributed by atoms with Crippen LogP contribution in [0.3, 0.4) is 0 Å². The van der Waals surface area contributed by atoms with Crippen LogP contribution in [0.2, 0.25) is 0 Å². The summed E-state index contributed by atoms with van der Waals surface area (Å²) in [5.74, 6) is 5.19. The number of carbonyl (C=O) groups excluding carboxylic acids is 1. The van der Waals surface area contributed by atoms with E-state index in [-0.39, 0.29) is 0 Å². The molecule has 9 heteroatoms. The van der Waals surface area contributed by atoms with Crippen LogP contribution in [0.5, 0.6) is 0 Å². The largest absolute Gasteiger partial charge is 0.427 e. The zero-order chi connectivity index (χ0) is 22.5. The number of hydrogen-bond donors (Lipinski definition) is 3. The predicted octanol–water partition coefficient (Wildman–Crippen LogP) is 4.37. The Balaban J connectivity index is 1.40. The highest BCUT2D eigenvalue weighted by Gasteiger charge is 2.35. The minimum Gasteiger partial charge on any atom is -0.365 e. The summed E-state index contributed by atoms with van der Waals surface area (Å²) in [6, 6.07) is 0.329. The molecule has 3 saturated carbocycles. The third-order valence-corrected chi connectivity index (χ3v) is 8.18. The first-order chi connectivity index (χ1) is 16.0. The van der Waals surface area contributed by atoms with E-state index < -0.39 is 12.3 Å². The molecule has 3 heterocycles. The van der Waals surface area contributed by atoms with Gasteiger partial charge in [-0.15, -0.1) is 5.48 Å². The SMILES string of the molecule is CC1CCC(Cn2c(C3CC3)nc3nc(C4NOC(=O)N4)nc(N[C@H](C)C4CCC4)c32)CC1. The summed E-state index contributed by atoms with van der Waals surface area (Å²) in [7, 11) is 0. The Morgan fingerprint density at radius 3 is 2.52 bits per heavy atom. The van der Waals surface area contributed by atoms with Gasteiger partial charge in [0.2, 0.25) is 0 Å². The molecule has 4 fully saturated rings. The Kier molecular flexibility index (Phi) is 5.39. The Morgan fingerprint density at radius 1 is 1.09 bits per heavy atom. The molecule has 3 aliphatic carbocycles. The number of imidazole rings is 1. The average molecular weight is 454 g/mol. The van der Waals surface area contributed by atoms with Crippen molar-refractivity contribution in [3.8, 4) is 0 Å². The van der Waals surface area contributed by atoms with Crippen LogP contribution in [0.25, 0.3) is 11.2 Å². The van der Waals surface area contributed by atoms with Crippen molar-refractivity contribution in [3.63, 3.8) is 0 Å². The molecule has 1 aliphatic heterocycles. The number of amides is 1. The second kappa shape index (κ2) is 8.42. The molecule has 1 saturated heterocycles. The van der Waals surface area contributed by atoms with E-state index in [2.05, 4.69) is 34.5 Å². The quantitative estimate of drug-likeness (QED) is 0.571. The van der Waals surface area contributed by atoms with Crippen molar-refractivity contribution in [2.45, 2.75) is 96.3 Å². The normalized spacial score (nSPS) is 28.9. The van der Waals surface area contributed by atoms with Crippen molar-refractivity contribution in [2.75, 3.05) is 5.32 Å². The number of nitrogens with zero attached hydrogens (tertiary/aromatic N) is 4. The second-order valence-corrected chi connectivity index (χ2v) is 10.8. The number of nitrogens with one attached hydrogen (secondary N) is 3. The molecule has 1 amide bonds. The van der Waals surface area contributed by atoms with Crippen LogP contribution in [-0.4, -0.2) is 31.7 Å². The molecule has 6 rings (SSSR count). The van der Waals surface area contributed by atoms with E-state index in [1.165, 1.54) is 57.8 Å². The van der Waals surface area contributed by atoms with Crippen LogP contribution >= 0.6 is 0 Å². The summed E-state index contributed by atoms with van der Waals surface area (Å²) in [5, 5.41) is 6.45. The third kappa shape index (κ3) is 4.16. The van der Waals surface area contributed by atoms with Crippen LogP contribution in [0, 0.1) is 17.8 Å². The van der Waals surface area contributed by atoms with Crippen molar-refractivity contribution < 1.29 is 9.63 Å². The Morgan fingerprint density at radius 2 is 1.88 bits per heavy atom. The molecule has 0 aromatic carbocycles. The van der Waals surface area contributed by atoms with E-state index in [1.807, 2.05) is 0 Å². The van der Waals surface area contributed by atoms with E-state index >= 15 is 0 Å². The fourth-order valence-corrected chi connectivity index (χ4v) is 5.59. The van der Waals surface area contributed by atoms with E-state index in [9.17, 15) is 4.79 Å². The van der Waals surface area contributed by atoms with Crippen molar-refractivity contribution in [1.82, 2.24) is 30.3 Å². The Bertz CT molecular complexity index is 1040. The summed E-state index contributed by atoms with van der Waals surface area (Å²) in [5.41, 5.74) is 4.43. The Hall–Kier alpha value is -2.42. The monoisotopic (exact) mass is 453 g/mol. The van der Waals surface area contributed by atoms with Crippen LogP contribution < -0.4 is 16.1 Å². The van der Waals surface area contributed by atoms with Gasteiger partial charge in [0, 0.05) is 18.5 Å². The number of hydrogen-bond acceptors (Lipinski definition) is 7. The molecular weight excluding hydrogens is 418 g/mol. The van der Waals surface area contributed by atoms with Gasteiger partial charge in [-0.3, -0.25) is 5.32 Å². The topological polar surface area (TPSA) is 106 Å². The lowest BCUT2D eigenvalue weighted by molar-refractivity contribution is 0.120. The highest BCUT2D eigenvalue weighted by molar-refractivity contribution is 5.84. The van der Waals surface area contributed by atoms with Gasteiger partial charge in [-0.2, -0.15) is 0 Å². The van der Waals surface area contributed by atoms with Crippen LogP contribution in [0.4, 0.5) is 10.6 Å². The molecule has 0 radical (unpaired) electrons. The van der Waals surface area contributed by atoms with Gasteiger partial charge < -0.3 is 14.7 Å². The van der Waals surface area contributed by atoms with E-state index in [0.717, 1.165) is 35.3 Å². The highest BCUT2D eigenvalue weighted by Crippen LogP contribution is 2.43. The lowest BCUT2D eigenvalue weighted by Gasteiger charge is -2.32. The zero-order valence-corrected chi connectivity index (χ0v) is 19.6. The first-order valence-electron chi connectivity index (χ1n) is 12.8. The Labute approximate surface area is 194 Å². The summed E-state index contributed by atoms with van der Waals surface area (Å²) in [6.07, 6.45) is 10.3. The summed E-state index contributed by atoms with van der Waals surface area (Å²) >= 11 is 0. The van der Waals surface area contributed by atoms with E-state index in [0.29, 0.717) is 29.6 Å². The molecule has 3 N–H and O–H groups in total. The molecule has 33 heavy (non-hydrogen) atoms. The van der Waals surface area contributed by atoms with Gasteiger partial charge in [0.25, 0.3) is 0 Å². The summed E-state index contributed by atoms with van der Waals surface area (Å²) in [6.45, 7) is 5.62. The van der Waals surface area contributed by atoms with Crippen LogP contribution in [-0.2, 0) is 11.4 Å². The maximum atomic E-state index is 11.6. The van der Waals surface area contributed by atoms with Gasteiger partial charge in [0.1, 0.15) is 11.3 Å². The van der Waals surface area contributed by atoms with Crippen molar-refractivity contribution >= 4 is 23.1 Å². The van der Waals surface area contributed by atoms with Gasteiger partial charge in [-0.1, -0.05) is 26.2 Å². The number of anilines is 1. The average Bonchev–Trinajstić information content (AvgIpc) is 3.40. The lowest BCUT2D eigenvalue weighted by Crippen LogP contribution is -2.32. The third-order valence-electron chi connectivity index (χ3n) is 8.18. The highest BCUT2D eigenvalue weighted by atomic mass is 16.7. The standard InChI is InChI=1S/C24H35N7O2/c1-13-6-8-15(9-7-13)12-31-18-19(25-14(2)16-4-3-5-16)26-21(22-29-24(32)33-30-22)27-20(18)28-23(31)17-10-11-17/h13-17,22,30H,3-12H2,1-2H3,(H,29,32)(H,25,26,27)/t13?,14-,15?,22?/m1/s1. The summed E-state index contributed by atoms with van der Waals surface area (Å²) in [4.78, 5) is 31.2. The van der Waals surface area contributed by atoms with Gasteiger partial charge in [0.05, 0.1) is 0 Å². The maximum absolute atomic E-state index is 11.6. The molecule has 4 aliphatic rings. The number of aromatic nitrogens is 4. The van der Waals surface area contributed by atoms with Gasteiger partial charge in [-0.25, -0.2) is 19.7 Å². The molecule has 0 bridgehead atoms. The van der Waals surface area contributed by atoms with Gasteiger partial charge in [0.15, 0.2) is 23.5 Å². The van der Waals surface area contributed by atoms with E-state index in [4.69, 9.17) is 19.8 Å². The zero-order valence-electron chi connectivity index (χ0n) is 19.6. The minimum atomic E-state index is -0.573. The number of carbonyl (C=O) groups is 1. The van der Waals surface area contributed by atoms with Gasteiger partial charge >= 0.3 is 6.09 Å². The second-order valence-electron chi connectivity index (χ2n) is 10.8. The smallest absolute Gasteiger partial charge is 0.365 e. The lowest BCUT2D eigenvalue weighted by atomic mass is 9.80. The van der Waals surface area contributed by atoms with Crippen LogP contribution in [0.1, 0.15) is 95.4 Å². The molecule has 0 spiro atoms. The predicted molar refractivity (Wildman–Crippen MR) is 124 cm³/mol. The van der Waals surface area contributed by atoms with Crippen molar-refractivity contribution in [2.24, 2.45) is 17.8 Å². The fraction of sp³-hybridized carbons (Fsp3) is 0.750. The van der Waals surface area contributed by atoms with Crippen LogP contribution in [0.15, 0.2) is 0 Å². The molecule has 9 nitrogen and oxygen atoms in total. The van der Waals surface area contributed by atoms with Crippen molar-refractivity contribution in [1.29, 1.82) is 0 Å². The molecular formula is C24H35N7O2. The summed E-state index contributed by atoms with van der Waals surface area (Å²) < 4.78 is 2.43. The minimum absolute atomic E-state index is 0.329. The molecule has 178 valence electrons. The fourth-order valence-electron chi connectivity index (χ4n) is 5.59. The van der Waals surface area contributed by atoms with E-state index in [1.54, 1.807) is 0 Å². The number of rotatable bonds is 7. The first-order valence-corrected chi connectivity index (χ1v) is 12.8. The molecule has 2 aromatic heterocycles. The first kappa shape index (κ1) is 21.1. The maximum Gasteiger partial charge on any atom is 0.427 e. The molecule has 1 unspecified atom stereocenters. The number of fused-ring (bicyclic) bond motifs is 1. The van der Waals surface area contributed by atoms with Gasteiger partial charge in [-0.05, 0) is 63.2 Å².